The van der Waals surface area contributed by atoms with E-state index in [9.17, 15) is 0 Å². The van der Waals surface area contributed by atoms with Crippen LogP contribution >= 0.6 is 0 Å². The fraction of sp³-hybridized carbons (Fsp3) is 0.667. The van der Waals surface area contributed by atoms with Crippen molar-refractivity contribution in [3.05, 3.63) is 35.4 Å². The Kier molecular flexibility index (Phi) is 6.54. The summed E-state index contributed by atoms with van der Waals surface area (Å²) in [6.45, 7) is 12.4. The lowest BCUT2D eigenvalue weighted by atomic mass is 9.87. The Morgan fingerprint density at radius 1 is 1.23 bits per heavy atom. The molecule has 2 saturated heterocycles. The van der Waals surface area contributed by atoms with Crippen LogP contribution in [0, 0.1) is 5.41 Å². The molecule has 5 heteroatoms. The first-order chi connectivity index (χ1) is 12.7. The van der Waals surface area contributed by atoms with E-state index in [1.54, 1.807) is 0 Å². The molecule has 2 aliphatic rings. The predicted molar refractivity (Wildman–Crippen MR) is 107 cm³/mol. The molecule has 1 atom stereocenters. The zero-order chi connectivity index (χ0) is 18.4. The number of likely N-dealkylation sites (tertiary alicyclic amines) is 1. The van der Waals surface area contributed by atoms with Gasteiger partial charge in [-0.15, -0.1) is 0 Å². The number of rotatable bonds is 6. The zero-order valence-corrected chi connectivity index (χ0v) is 16.6. The Morgan fingerprint density at radius 2 is 2.00 bits per heavy atom. The molecule has 2 fully saturated rings. The monoisotopic (exact) mass is 358 g/mol. The number of hydrogen-bond donors (Lipinski definition) is 1. The number of guanidine groups is 1. The summed E-state index contributed by atoms with van der Waals surface area (Å²) in [7, 11) is 1.89. The summed E-state index contributed by atoms with van der Waals surface area (Å²) in [6.07, 6.45) is 2.40. The van der Waals surface area contributed by atoms with Crippen molar-refractivity contribution in [2.75, 3.05) is 46.4 Å². The minimum atomic E-state index is 0.359. The van der Waals surface area contributed by atoms with Gasteiger partial charge in [0.25, 0.3) is 0 Å². The fourth-order valence-electron chi connectivity index (χ4n) is 4.17. The van der Waals surface area contributed by atoms with Crippen LogP contribution in [0.3, 0.4) is 0 Å². The van der Waals surface area contributed by atoms with Crippen LogP contribution in [0.15, 0.2) is 29.3 Å². The Hall–Kier alpha value is -1.59. The minimum Gasteiger partial charge on any atom is -0.381 e. The van der Waals surface area contributed by atoms with Crippen molar-refractivity contribution in [1.29, 1.82) is 0 Å². The van der Waals surface area contributed by atoms with Crippen LogP contribution in [0.4, 0.5) is 0 Å². The quantitative estimate of drug-likeness (QED) is 0.627. The number of benzene rings is 1. The molecule has 0 amide bonds. The fourth-order valence-corrected chi connectivity index (χ4v) is 4.17. The average molecular weight is 359 g/mol. The van der Waals surface area contributed by atoms with Gasteiger partial charge in [-0.05, 0) is 37.1 Å². The molecular formula is C21H34N4O. The van der Waals surface area contributed by atoms with E-state index in [1.165, 1.54) is 24.0 Å². The van der Waals surface area contributed by atoms with Gasteiger partial charge >= 0.3 is 0 Å². The average Bonchev–Trinajstić information content (AvgIpc) is 3.31. The number of ether oxygens (including phenoxy) is 1. The molecule has 1 aromatic rings. The van der Waals surface area contributed by atoms with Gasteiger partial charge in [0.2, 0.25) is 0 Å². The van der Waals surface area contributed by atoms with Crippen LogP contribution in [-0.2, 0) is 17.8 Å². The van der Waals surface area contributed by atoms with Crippen molar-refractivity contribution in [3.8, 4) is 0 Å². The summed E-state index contributed by atoms with van der Waals surface area (Å²) in [5.74, 6) is 1.02. The van der Waals surface area contributed by atoms with Gasteiger partial charge in [0.15, 0.2) is 5.96 Å². The van der Waals surface area contributed by atoms with Crippen LogP contribution in [0.1, 0.15) is 37.8 Å². The summed E-state index contributed by atoms with van der Waals surface area (Å²) in [6, 6.07) is 8.75. The summed E-state index contributed by atoms with van der Waals surface area (Å²) >= 11 is 0. The first-order valence-electron chi connectivity index (χ1n) is 10.0. The van der Waals surface area contributed by atoms with Crippen LogP contribution in [0.2, 0.25) is 0 Å². The van der Waals surface area contributed by atoms with Gasteiger partial charge in [0.1, 0.15) is 0 Å². The van der Waals surface area contributed by atoms with Crippen molar-refractivity contribution in [1.82, 2.24) is 15.1 Å². The summed E-state index contributed by atoms with van der Waals surface area (Å²) in [5.41, 5.74) is 3.12. The lowest BCUT2D eigenvalue weighted by molar-refractivity contribution is 0.156. The molecule has 3 rings (SSSR count). The molecule has 1 unspecified atom stereocenters. The van der Waals surface area contributed by atoms with Crippen molar-refractivity contribution >= 4 is 5.96 Å². The van der Waals surface area contributed by atoms with E-state index < -0.39 is 0 Å². The molecule has 0 aromatic heterocycles. The van der Waals surface area contributed by atoms with Gasteiger partial charge in [0, 0.05) is 45.2 Å². The van der Waals surface area contributed by atoms with Gasteiger partial charge < -0.3 is 15.0 Å². The maximum Gasteiger partial charge on any atom is 0.193 e. The van der Waals surface area contributed by atoms with Crippen molar-refractivity contribution in [3.63, 3.8) is 0 Å². The topological polar surface area (TPSA) is 40.1 Å². The van der Waals surface area contributed by atoms with Gasteiger partial charge in [-0.2, -0.15) is 0 Å². The first kappa shape index (κ1) is 19.2. The first-order valence-corrected chi connectivity index (χ1v) is 10.0. The Balaban J connectivity index is 1.61. The third-order valence-corrected chi connectivity index (χ3v) is 5.98. The summed E-state index contributed by atoms with van der Waals surface area (Å²) in [5, 5.41) is 3.60. The van der Waals surface area contributed by atoms with Crippen LogP contribution < -0.4 is 5.32 Å². The Morgan fingerprint density at radius 3 is 2.65 bits per heavy atom. The second-order valence-electron chi connectivity index (χ2n) is 7.61. The standard InChI is InChI=1S/C21H34N4O/c1-4-24(5-2)15-19-9-7-6-8-18(19)14-23-20(22-3)25-12-10-21(16-25)11-13-26-17-21/h6-9H,4-5,10-17H2,1-3H3,(H,22,23). The Labute approximate surface area is 158 Å². The second-order valence-corrected chi connectivity index (χ2v) is 7.61. The molecule has 2 aliphatic heterocycles. The second kappa shape index (κ2) is 8.87. The molecule has 0 radical (unpaired) electrons. The molecular weight excluding hydrogens is 324 g/mol. The van der Waals surface area contributed by atoms with Gasteiger partial charge in [-0.25, -0.2) is 0 Å². The predicted octanol–water partition coefficient (Wildman–Crippen LogP) is 2.72. The lowest BCUT2D eigenvalue weighted by Gasteiger charge is -2.25. The maximum absolute atomic E-state index is 5.66. The molecule has 5 nitrogen and oxygen atoms in total. The minimum absolute atomic E-state index is 0.359. The van der Waals surface area contributed by atoms with Crippen molar-refractivity contribution in [2.24, 2.45) is 10.4 Å². The Bertz CT molecular complexity index is 606. The largest absolute Gasteiger partial charge is 0.381 e. The highest BCUT2D eigenvalue weighted by atomic mass is 16.5. The summed E-state index contributed by atoms with van der Waals surface area (Å²) in [4.78, 5) is 9.40. The molecule has 1 N–H and O–H groups in total. The smallest absolute Gasteiger partial charge is 0.193 e. The number of hydrogen-bond acceptors (Lipinski definition) is 3. The summed E-state index contributed by atoms with van der Waals surface area (Å²) < 4.78 is 5.66. The number of nitrogens with one attached hydrogen (secondary N) is 1. The maximum atomic E-state index is 5.66. The van der Waals surface area contributed by atoms with Gasteiger partial charge in [-0.3, -0.25) is 9.89 Å². The van der Waals surface area contributed by atoms with E-state index in [0.717, 1.165) is 58.4 Å². The molecule has 0 aliphatic carbocycles. The molecule has 1 spiro atoms. The number of nitrogens with zero attached hydrogens (tertiary/aromatic N) is 3. The van der Waals surface area contributed by atoms with E-state index in [4.69, 9.17) is 4.74 Å². The number of aliphatic imine (C=N–C) groups is 1. The third-order valence-electron chi connectivity index (χ3n) is 5.98. The van der Waals surface area contributed by atoms with E-state index in [2.05, 4.69) is 58.2 Å². The highest BCUT2D eigenvalue weighted by Crippen LogP contribution is 2.38. The van der Waals surface area contributed by atoms with E-state index in [0.29, 0.717) is 5.41 Å². The van der Waals surface area contributed by atoms with Gasteiger partial charge in [-0.1, -0.05) is 38.1 Å². The van der Waals surface area contributed by atoms with Crippen LogP contribution in [0.5, 0.6) is 0 Å². The third kappa shape index (κ3) is 4.38. The lowest BCUT2D eigenvalue weighted by Crippen LogP contribution is -2.41. The van der Waals surface area contributed by atoms with E-state index in [1.807, 2.05) is 7.05 Å². The zero-order valence-electron chi connectivity index (χ0n) is 16.6. The molecule has 0 bridgehead atoms. The SMILES string of the molecule is CCN(CC)Cc1ccccc1CNC(=NC)N1CCC2(CCOC2)C1. The molecule has 1 aromatic carbocycles. The molecule has 26 heavy (non-hydrogen) atoms. The van der Waals surface area contributed by atoms with Crippen LogP contribution in [-0.4, -0.2) is 62.2 Å². The van der Waals surface area contributed by atoms with Crippen LogP contribution in [0.25, 0.3) is 0 Å². The highest BCUT2D eigenvalue weighted by molar-refractivity contribution is 5.80. The van der Waals surface area contributed by atoms with Crippen molar-refractivity contribution in [2.45, 2.75) is 39.8 Å². The highest BCUT2D eigenvalue weighted by Gasteiger charge is 2.42. The molecule has 0 saturated carbocycles. The molecule has 144 valence electrons. The van der Waals surface area contributed by atoms with E-state index >= 15 is 0 Å². The molecule has 2 heterocycles. The van der Waals surface area contributed by atoms with Gasteiger partial charge in [0.05, 0.1) is 6.61 Å². The normalized spacial score (nSPS) is 23.4. The van der Waals surface area contributed by atoms with E-state index in [-0.39, 0.29) is 0 Å². The van der Waals surface area contributed by atoms with Crippen molar-refractivity contribution < 1.29 is 4.74 Å².